The van der Waals surface area contributed by atoms with Gasteiger partial charge in [0.2, 0.25) is 0 Å². The molecule has 3 saturated carbocycles. The number of carbonyl (C=O) groups excluding carboxylic acids is 1. The molecule has 0 heterocycles. The van der Waals surface area contributed by atoms with Crippen LogP contribution < -0.4 is 0 Å². The molecular weight excluding hydrogens is 212 g/mol. The number of fused-ring (bicyclic) bond motifs is 4. The molecule has 4 atom stereocenters. The average molecular weight is 236 g/mol. The largest absolute Gasteiger partial charge is 0.390 e. The van der Waals surface area contributed by atoms with Gasteiger partial charge < -0.3 is 5.11 Å². The van der Waals surface area contributed by atoms with Crippen LogP contribution in [0.2, 0.25) is 0 Å². The van der Waals surface area contributed by atoms with Gasteiger partial charge in [0.05, 0.1) is 5.60 Å². The average Bonchev–Trinajstić information content (AvgIpc) is 2.28. The van der Waals surface area contributed by atoms with E-state index in [1.54, 1.807) is 0 Å². The number of hydrogen-bond donors (Lipinski definition) is 1. The first kappa shape index (κ1) is 11.7. The number of carbonyl (C=O) groups is 1. The van der Waals surface area contributed by atoms with Crippen molar-refractivity contribution < 1.29 is 9.90 Å². The van der Waals surface area contributed by atoms with Crippen LogP contribution in [-0.2, 0) is 4.79 Å². The van der Waals surface area contributed by atoms with E-state index in [1.807, 2.05) is 0 Å². The second-order valence-electron chi connectivity index (χ2n) is 7.71. The van der Waals surface area contributed by atoms with Crippen LogP contribution in [0.4, 0.5) is 0 Å². The maximum absolute atomic E-state index is 12.1. The Morgan fingerprint density at radius 2 is 1.88 bits per heavy atom. The second-order valence-corrected chi connectivity index (χ2v) is 7.71. The first-order valence-corrected chi connectivity index (χ1v) is 7.03. The highest BCUT2D eigenvalue weighted by Crippen LogP contribution is 2.63. The molecular formula is C15H24O2. The number of rotatable bonds is 0. The van der Waals surface area contributed by atoms with Gasteiger partial charge in [-0.2, -0.15) is 0 Å². The van der Waals surface area contributed by atoms with Gasteiger partial charge in [0, 0.05) is 11.8 Å². The summed E-state index contributed by atoms with van der Waals surface area (Å²) in [7, 11) is 0. The van der Waals surface area contributed by atoms with E-state index in [-0.39, 0.29) is 5.41 Å². The molecule has 0 aromatic carbocycles. The molecule has 0 aromatic heterocycles. The van der Waals surface area contributed by atoms with Gasteiger partial charge in [0.1, 0.15) is 5.78 Å². The molecule has 0 radical (unpaired) electrons. The first-order valence-electron chi connectivity index (χ1n) is 7.03. The molecule has 0 aliphatic heterocycles. The first-order chi connectivity index (χ1) is 7.77. The number of Topliss-reactive ketones (excluding diaryl/α,β-unsaturated/α-hetero) is 1. The van der Waals surface area contributed by atoms with Gasteiger partial charge >= 0.3 is 0 Å². The smallest absolute Gasteiger partial charge is 0.138 e. The zero-order valence-electron chi connectivity index (χ0n) is 11.3. The van der Waals surface area contributed by atoms with Gasteiger partial charge in [-0.25, -0.2) is 0 Å². The third-order valence-electron chi connectivity index (χ3n) is 6.09. The predicted molar refractivity (Wildman–Crippen MR) is 66.5 cm³/mol. The lowest BCUT2D eigenvalue weighted by Gasteiger charge is -2.57. The minimum atomic E-state index is -0.542. The van der Waals surface area contributed by atoms with Crippen molar-refractivity contribution in [3.63, 3.8) is 0 Å². The van der Waals surface area contributed by atoms with Gasteiger partial charge in [-0.05, 0) is 49.4 Å². The van der Waals surface area contributed by atoms with Crippen molar-refractivity contribution in [3.8, 4) is 0 Å². The predicted octanol–water partition coefficient (Wildman–Crippen LogP) is 2.93. The molecule has 2 nitrogen and oxygen atoms in total. The standard InChI is InChI=1S/C15H24O2/c1-13(2)8-11-10(13)4-6-14(3)9-15(11,17)7-5-12(14)16/h10-11,17H,4-9H2,1-3H3/t10-,11-,14+,15+/m1/s1. The normalized spacial score (nSPS) is 52.4. The quantitative estimate of drug-likeness (QED) is 0.702. The molecule has 0 amide bonds. The summed E-state index contributed by atoms with van der Waals surface area (Å²) in [6.45, 7) is 6.71. The lowest BCUT2D eigenvalue weighted by Crippen LogP contribution is -2.57. The molecule has 0 spiro atoms. The van der Waals surface area contributed by atoms with Crippen LogP contribution in [0.15, 0.2) is 0 Å². The molecule has 17 heavy (non-hydrogen) atoms. The van der Waals surface area contributed by atoms with Crippen LogP contribution in [0, 0.1) is 22.7 Å². The van der Waals surface area contributed by atoms with Crippen LogP contribution in [0.25, 0.3) is 0 Å². The molecule has 2 heteroatoms. The van der Waals surface area contributed by atoms with E-state index in [9.17, 15) is 9.90 Å². The van der Waals surface area contributed by atoms with E-state index >= 15 is 0 Å². The lowest BCUT2D eigenvalue weighted by molar-refractivity contribution is -0.168. The van der Waals surface area contributed by atoms with Crippen LogP contribution in [-0.4, -0.2) is 16.5 Å². The molecule has 2 bridgehead atoms. The van der Waals surface area contributed by atoms with Gasteiger partial charge in [0.25, 0.3) is 0 Å². The maximum atomic E-state index is 12.1. The van der Waals surface area contributed by atoms with E-state index in [2.05, 4.69) is 20.8 Å². The fourth-order valence-corrected chi connectivity index (χ4v) is 4.91. The Morgan fingerprint density at radius 1 is 1.18 bits per heavy atom. The Kier molecular flexibility index (Phi) is 2.16. The molecule has 3 rings (SSSR count). The Bertz CT molecular complexity index is 373. The van der Waals surface area contributed by atoms with E-state index in [1.165, 1.54) is 0 Å². The highest BCUT2D eigenvalue weighted by atomic mass is 16.3. The zero-order chi connectivity index (χ0) is 12.5. The molecule has 0 saturated heterocycles. The van der Waals surface area contributed by atoms with Crippen LogP contribution in [0.3, 0.4) is 0 Å². The topological polar surface area (TPSA) is 37.3 Å². The highest BCUT2D eigenvalue weighted by Gasteiger charge is 2.61. The van der Waals surface area contributed by atoms with Crippen LogP contribution >= 0.6 is 0 Å². The third kappa shape index (κ3) is 1.46. The number of aliphatic hydroxyl groups is 1. The lowest BCUT2D eigenvalue weighted by atomic mass is 9.49. The van der Waals surface area contributed by atoms with Crippen molar-refractivity contribution in [1.82, 2.24) is 0 Å². The minimum Gasteiger partial charge on any atom is -0.390 e. The van der Waals surface area contributed by atoms with Crippen molar-refractivity contribution in [1.29, 1.82) is 0 Å². The van der Waals surface area contributed by atoms with Crippen molar-refractivity contribution in [2.24, 2.45) is 22.7 Å². The van der Waals surface area contributed by atoms with Gasteiger partial charge in [-0.15, -0.1) is 0 Å². The van der Waals surface area contributed by atoms with E-state index in [0.29, 0.717) is 35.9 Å². The summed E-state index contributed by atoms with van der Waals surface area (Å²) in [5.74, 6) is 1.47. The highest BCUT2D eigenvalue weighted by molar-refractivity contribution is 5.85. The van der Waals surface area contributed by atoms with E-state index < -0.39 is 5.60 Å². The summed E-state index contributed by atoms with van der Waals surface area (Å²) < 4.78 is 0. The Labute approximate surface area is 104 Å². The Hall–Kier alpha value is -0.370. The summed E-state index contributed by atoms with van der Waals surface area (Å²) in [6, 6.07) is 0. The van der Waals surface area contributed by atoms with Crippen LogP contribution in [0.5, 0.6) is 0 Å². The SMILES string of the molecule is CC1(C)C[C@@H]2[C@H]1CC[C@@]1(C)C[C@@]2(O)CCC1=O. The summed E-state index contributed by atoms with van der Waals surface area (Å²) in [4.78, 5) is 12.1. The summed E-state index contributed by atoms with van der Waals surface area (Å²) in [5.41, 5.74) is -0.406. The maximum Gasteiger partial charge on any atom is 0.138 e. The Morgan fingerprint density at radius 3 is 2.53 bits per heavy atom. The third-order valence-corrected chi connectivity index (χ3v) is 6.09. The summed E-state index contributed by atoms with van der Waals surface area (Å²) in [5, 5.41) is 10.9. The second kappa shape index (κ2) is 3.14. The molecule has 1 N–H and O–H groups in total. The van der Waals surface area contributed by atoms with Crippen molar-refractivity contribution in [3.05, 3.63) is 0 Å². The Balaban J connectivity index is 1.96. The fraction of sp³-hybridized carbons (Fsp3) is 0.933. The van der Waals surface area contributed by atoms with Crippen molar-refractivity contribution in [2.45, 2.75) is 64.9 Å². The van der Waals surface area contributed by atoms with E-state index in [0.717, 1.165) is 25.7 Å². The molecule has 3 fully saturated rings. The van der Waals surface area contributed by atoms with Gasteiger partial charge in [0.15, 0.2) is 0 Å². The fourth-order valence-electron chi connectivity index (χ4n) is 4.91. The monoisotopic (exact) mass is 236 g/mol. The number of hydrogen-bond acceptors (Lipinski definition) is 2. The molecule has 3 aliphatic rings. The number of ketones is 1. The zero-order valence-corrected chi connectivity index (χ0v) is 11.3. The summed E-state index contributed by atoms with van der Waals surface area (Å²) in [6.07, 6.45) is 5.27. The molecule has 96 valence electrons. The minimum absolute atomic E-state index is 0.236. The summed E-state index contributed by atoms with van der Waals surface area (Å²) >= 11 is 0. The molecule has 3 aliphatic carbocycles. The van der Waals surface area contributed by atoms with Crippen LogP contribution in [0.1, 0.15) is 59.3 Å². The molecule has 0 unspecified atom stereocenters. The van der Waals surface area contributed by atoms with Crippen molar-refractivity contribution >= 4 is 5.78 Å². The van der Waals surface area contributed by atoms with Gasteiger partial charge in [-0.1, -0.05) is 20.8 Å². The van der Waals surface area contributed by atoms with E-state index in [4.69, 9.17) is 0 Å². The molecule has 0 aromatic rings. The van der Waals surface area contributed by atoms with Crippen molar-refractivity contribution in [2.75, 3.05) is 0 Å². The van der Waals surface area contributed by atoms with Gasteiger partial charge in [-0.3, -0.25) is 4.79 Å².